The smallest absolute Gasteiger partial charge is 0.335 e. The maximum absolute atomic E-state index is 11.4. The van der Waals surface area contributed by atoms with Gasteiger partial charge in [-0.05, 0) is 56.3 Å². The number of hydrogen-bond acceptors (Lipinski definition) is 3. The minimum Gasteiger partial charge on any atom is -0.335 e. The highest BCUT2D eigenvalue weighted by molar-refractivity contribution is 8.01. The van der Waals surface area contributed by atoms with Crippen LogP contribution in [0.1, 0.15) is 38.5 Å². The van der Waals surface area contributed by atoms with E-state index in [4.69, 9.17) is 4.55 Å². The molecule has 96 valence electrons. The third-order valence-electron chi connectivity index (χ3n) is 4.64. The van der Waals surface area contributed by atoms with Gasteiger partial charge in [-0.15, -0.1) is 0 Å². The van der Waals surface area contributed by atoms with Crippen molar-refractivity contribution in [3.63, 3.8) is 0 Å². The van der Waals surface area contributed by atoms with Crippen LogP contribution in [0.4, 0.5) is 4.79 Å². The monoisotopic (exact) mass is 259 g/mol. The average molecular weight is 259 g/mol. The number of rotatable bonds is 1. The van der Waals surface area contributed by atoms with Crippen LogP contribution in [-0.4, -0.2) is 23.7 Å². The van der Waals surface area contributed by atoms with E-state index < -0.39 is 15.4 Å². The fraction of sp³-hybridized carbons (Fsp3) is 0.909. The van der Waals surface area contributed by atoms with Gasteiger partial charge in [-0.3, -0.25) is 9.35 Å². The molecular formula is C11H17NO4S. The van der Waals surface area contributed by atoms with Gasteiger partial charge in [0.15, 0.2) is 0 Å². The normalized spacial score (nSPS) is 43.7. The van der Waals surface area contributed by atoms with Gasteiger partial charge in [0, 0.05) is 5.54 Å². The van der Waals surface area contributed by atoms with Crippen LogP contribution >= 0.6 is 0 Å². The first-order chi connectivity index (χ1) is 7.86. The van der Waals surface area contributed by atoms with Crippen molar-refractivity contribution in [2.24, 2.45) is 17.8 Å². The van der Waals surface area contributed by atoms with Gasteiger partial charge in [-0.25, -0.2) is 0 Å². The number of carbonyl (C=O) groups excluding carboxylic acids is 1. The molecule has 4 fully saturated rings. The minimum absolute atomic E-state index is 0.359. The van der Waals surface area contributed by atoms with Crippen molar-refractivity contribution >= 4 is 15.4 Å². The molecule has 0 heterocycles. The summed E-state index contributed by atoms with van der Waals surface area (Å²) in [6.07, 6.45) is 6.30. The summed E-state index contributed by atoms with van der Waals surface area (Å²) < 4.78 is 30.3. The second-order valence-corrected chi connectivity index (χ2v) is 7.41. The van der Waals surface area contributed by atoms with E-state index in [1.165, 1.54) is 19.3 Å². The Labute approximate surface area is 101 Å². The first kappa shape index (κ1) is 11.5. The Kier molecular flexibility index (Phi) is 2.32. The zero-order valence-electron chi connectivity index (χ0n) is 9.55. The van der Waals surface area contributed by atoms with E-state index in [0.717, 1.165) is 19.3 Å². The van der Waals surface area contributed by atoms with E-state index >= 15 is 0 Å². The van der Waals surface area contributed by atoms with Crippen molar-refractivity contribution < 1.29 is 17.8 Å². The zero-order valence-corrected chi connectivity index (χ0v) is 10.4. The Morgan fingerprint density at radius 3 is 1.82 bits per heavy atom. The van der Waals surface area contributed by atoms with E-state index in [1.54, 1.807) is 0 Å². The number of amides is 1. The van der Waals surface area contributed by atoms with Crippen LogP contribution < -0.4 is 5.32 Å². The number of nitrogens with one attached hydrogen (secondary N) is 1. The first-order valence-corrected chi connectivity index (χ1v) is 7.60. The molecule has 4 aliphatic rings. The molecule has 0 atom stereocenters. The van der Waals surface area contributed by atoms with Crippen LogP contribution in [0.3, 0.4) is 0 Å². The lowest BCUT2D eigenvalue weighted by Gasteiger charge is -2.56. The summed E-state index contributed by atoms with van der Waals surface area (Å²) in [6, 6.07) is 0. The van der Waals surface area contributed by atoms with Gasteiger partial charge in [0.05, 0.1) is 0 Å². The third kappa shape index (κ3) is 1.97. The first-order valence-electron chi connectivity index (χ1n) is 6.16. The van der Waals surface area contributed by atoms with Gasteiger partial charge < -0.3 is 5.32 Å². The van der Waals surface area contributed by atoms with Gasteiger partial charge >= 0.3 is 15.4 Å². The topological polar surface area (TPSA) is 83.5 Å². The fourth-order valence-corrected chi connectivity index (χ4v) is 4.89. The molecule has 5 nitrogen and oxygen atoms in total. The molecule has 0 spiro atoms. The molecule has 4 saturated carbocycles. The van der Waals surface area contributed by atoms with Crippen LogP contribution in [0.2, 0.25) is 0 Å². The minimum atomic E-state index is -4.60. The highest BCUT2D eigenvalue weighted by Crippen LogP contribution is 2.55. The molecule has 0 aromatic carbocycles. The molecule has 0 saturated heterocycles. The molecule has 0 aromatic rings. The maximum atomic E-state index is 11.4. The zero-order chi connectivity index (χ0) is 12.3. The van der Waals surface area contributed by atoms with E-state index in [9.17, 15) is 13.2 Å². The Morgan fingerprint density at radius 2 is 1.47 bits per heavy atom. The predicted octanol–water partition coefficient (Wildman–Crippen LogP) is 1.55. The van der Waals surface area contributed by atoms with Crippen molar-refractivity contribution in [1.82, 2.24) is 5.32 Å². The molecule has 0 unspecified atom stereocenters. The van der Waals surface area contributed by atoms with E-state index in [0.29, 0.717) is 17.8 Å². The molecule has 2 N–H and O–H groups in total. The van der Waals surface area contributed by atoms with E-state index in [2.05, 4.69) is 5.32 Å². The van der Waals surface area contributed by atoms with Gasteiger partial charge in [0.1, 0.15) is 0 Å². The molecule has 0 aliphatic heterocycles. The SMILES string of the molecule is O=C(NC12CC3CC(CC(C3)C1)C2)S(=O)(=O)O. The lowest BCUT2D eigenvalue weighted by atomic mass is 9.53. The van der Waals surface area contributed by atoms with E-state index in [1.807, 2.05) is 0 Å². The fourth-order valence-electron chi connectivity index (χ4n) is 4.54. The molecule has 17 heavy (non-hydrogen) atoms. The molecule has 0 radical (unpaired) electrons. The second-order valence-electron chi connectivity index (χ2n) is 6.09. The van der Waals surface area contributed by atoms with Gasteiger partial charge in [0.2, 0.25) is 0 Å². The Morgan fingerprint density at radius 1 is 1.06 bits per heavy atom. The summed E-state index contributed by atoms with van der Waals surface area (Å²) >= 11 is 0. The molecule has 4 aliphatic carbocycles. The Bertz CT molecular complexity index is 421. The molecule has 1 amide bonds. The van der Waals surface area contributed by atoms with Crippen LogP contribution in [0.15, 0.2) is 0 Å². The van der Waals surface area contributed by atoms with Crippen LogP contribution in [0.25, 0.3) is 0 Å². The highest BCUT2D eigenvalue weighted by Gasteiger charge is 2.52. The summed E-state index contributed by atoms with van der Waals surface area (Å²) in [7, 11) is -4.60. The number of carbonyl (C=O) groups is 1. The summed E-state index contributed by atoms with van der Waals surface area (Å²) in [4.78, 5) is 11.4. The Hall–Kier alpha value is -0.620. The van der Waals surface area contributed by atoms with Crippen molar-refractivity contribution in [2.75, 3.05) is 0 Å². The van der Waals surface area contributed by atoms with Crippen molar-refractivity contribution in [3.8, 4) is 0 Å². The van der Waals surface area contributed by atoms with Gasteiger partial charge in [-0.2, -0.15) is 8.42 Å². The highest BCUT2D eigenvalue weighted by atomic mass is 32.2. The van der Waals surface area contributed by atoms with Crippen molar-refractivity contribution in [2.45, 2.75) is 44.1 Å². The standard InChI is InChI=1S/C11H17NO4S/c13-10(17(14,15)16)12-11-4-7-1-8(5-11)3-9(2-7)6-11/h7-9H,1-6H2,(H,12,13)(H,14,15,16). The van der Waals surface area contributed by atoms with Crippen molar-refractivity contribution in [1.29, 1.82) is 0 Å². The summed E-state index contributed by atoms with van der Waals surface area (Å²) in [5.41, 5.74) is -0.359. The van der Waals surface area contributed by atoms with E-state index in [-0.39, 0.29) is 5.54 Å². The van der Waals surface area contributed by atoms with Crippen molar-refractivity contribution in [3.05, 3.63) is 0 Å². The van der Waals surface area contributed by atoms with Crippen LogP contribution in [0, 0.1) is 17.8 Å². The molecular weight excluding hydrogens is 242 g/mol. The number of hydrogen-bond donors (Lipinski definition) is 2. The molecule has 6 heteroatoms. The quantitative estimate of drug-likeness (QED) is 0.700. The third-order valence-corrected chi connectivity index (χ3v) is 5.21. The lowest BCUT2D eigenvalue weighted by molar-refractivity contribution is -0.0122. The van der Waals surface area contributed by atoms with Crippen LogP contribution in [0.5, 0.6) is 0 Å². The summed E-state index contributed by atoms with van der Waals surface area (Å²) in [5.74, 6) is 1.88. The average Bonchev–Trinajstić information content (AvgIpc) is 2.12. The lowest BCUT2D eigenvalue weighted by Crippen LogP contribution is -2.60. The molecule has 4 rings (SSSR count). The maximum Gasteiger partial charge on any atom is 0.364 e. The van der Waals surface area contributed by atoms with Crippen LogP contribution in [-0.2, 0) is 10.1 Å². The van der Waals surface area contributed by atoms with Gasteiger partial charge in [0.25, 0.3) is 0 Å². The predicted molar refractivity (Wildman–Crippen MR) is 61.0 cm³/mol. The Balaban J connectivity index is 1.81. The molecule has 0 aromatic heterocycles. The summed E-state index contributed by atoms with van der Waals surface area (Å²) in [5, 5.41) is 1.36. The van der Waals surface area contributed by atoms with Gasteiger partial charge in [-0.1, -0.05) is 0 Å². The second kappa shape index (κ2) is 3.45. The molecule has 4 bridgehead atoms. The largest absolute Gasteiger partial charge is 0.364 e. The summed E-state index contributed by atoms with van der Waals surface area (Å²) in [6.45, 7) is 0.